The maximum absolute atomic E-state index is 13.1. The van der Waals surface area contributed by atoms with Crippen molar-refractivity contribution in [2.75, 3.05) is 0 Å². The second-order valence-electron chi connectivity index (χ2n) is 5.66. The lowest BCUT2D eigenvalue weighted by Gasteiger charge is -2.30. The van der Waals surface area contributed by atoms with E-state index in [-0.39, 0.29) is 18.8 Å². The lowest BCUT2D eigenvalue weighted by molar-refractivity contribution is -0.198. The third-order valence-corrected chi connectivity index (χ3v) is 4.28. The van der Waals surface area contributed by atoms with Gasteiger partial charge in [0.05, 0.1) is 23.2 Å². The van der Waals surface area contributed by atoms with Crippen molar-refractivity contribution in [1.29, 1.82) is 0 Å². The van der Waals surface area contributed by atoms with Crippen molar-refractivity contribution >= 4 is 17.6 Å². The number of alkyl halides is 3. The van der Waals surface area contributed by atoms with Crippen LogP contribution in [-0.2, 0) is 17.8 Å². The van der Waals surface area contributed by atoms with Gasteiger partial charge in [0.25, 0.3) is 0 Å². The fraction of sp³-hybridized carbons (Fsp3) is 0.429. The average Bonchev–Trinajstić information content (AvgIpc) is 2.84. The number of carboxylic acids is 1. The number of fused-ring (bicyclic) bond motifs is 1. The maximum Gasteiger partial charge on any atom is 0.394 e. The Morgan fingerprint density at radius 3 is 2.68 bits per heavy atom. The van der Waals surface area contributed by atoms with E-state index in [1.807, 2.05) is 0 Å². The number of aromatic nitrogens is 4. The van der Waals surface area contributed by atoms with Crippen molar-refractivity contribution in [3.63, 3.8) is 0 Å². The zero-order chi connectivity index (χ0) is 18.4. The van der Waals surface area contributed by atoms with Gasteiger partial charge in [-0.3, -0.25) is 9.55 Å². The number of aliphatic carboxylic acids is 1. The molecule has 1 N–H and O–H groups in total. The van der Waals surface area contributed by atoms with Crippen molar-refractivity contribution in [3.05, 3.63) is 45.4 Å². The molecule has 0 aromatic carbocycles. The summed E-state index contributed by atoms with van der Waals surface area (Å²) >= 11 is 5.72. The molecule has 0 fully saturated rings. The molecule has 11 heteroatoms. The number of pyridine rings is 1. The molecule has 0 radical (unpaired) electrons. The summed E-state index contributed by atoms with van der Waals surface area (Å²) in [5, 5.41) is 13.6. The van der Waals surface area contributed by atoms with Gasteiger partial charge >= 0.3 is 17.8 Å². The molecule has 3 heterocycles. The van der Waals surface area contributed by atoms with Gasteiger partial charge < -0.3 is 5.11 Å². The predicted octanol–water partition coefficient (Wildman–Crippen LogP) is 1.89. The van der Waals surface area contributed by atoms with Crippen LogP contribution in [0.15, 0.2) is 23.1 Å². The first-order chi connectivity index (χ1) is 11.7. The molecule has 2 aromatic rings. The van der Waals surface area contributed by atoms with E-state index in [1.54, 1.807) is 12.1 Å². The van der Waals surface area contributed by atoms with E-state index in [1.165, 1.54) is 6.20 Å². The summed E-state index contributed by atoms with van der Waals surface area (Å²) in [7, 11) is 0. The Morgan fingerprint density at radius 2 is 2.12 bits per heavy atom. The lowest BCUT2D eigenvalue weighted by atomic mass is 9.90. The molecule has 7 nitrogen and oxygen atoms in total. The van der Waals surface area contributed by atoms with E-state index in [0.717, 1.165) is 4.68 Å². The Kier molecular flexibility index (Phi) is 4.31. The molecule has 0 aliphatic carbocycles. The summed E-state index contributed by atoms with van der Waals surface area (Å²) in [6, 6.07) is 1.06. The Hall–Kier alpha value is -2.36. The van der Waals surface area contributed by atoms with Gasteiger partial charge in [0, 0.05) is 12.6 Å². The molecule has 0 saturated heterocycles. The van der Waals surface area contributed by atoms with Gasteiger partial charge in [-0.05, 0) is 18.6 Å². The molecule has 0 bridgehead atoms. The van der Waals surface area contributed by atoms with Gasteiger partial charge in [0.1, 0.15) is 11.9 Å². The topological polar surface area (TPSA) is 90.0 Å². The minimum absolute atomic E-state index is 0.0202. The molecule has 3 rings (SSSR count). The van der Waals surface area contributed by atoms with Gasteiger partial charge in [0.2, 0.25) is 0 Å². The van der Waals surface area contributed by atoms with E-state index in [2.05, 4.69) is 10.1 Å². The molecule has 1 aliphatic rings. The molecule has 0 amide bonds. The van der Waals surface area contributed by atoms with Crippen molar-refractivity contribution in [3.8, 4) is 0 Å². The Labute approximate surface area is 143 Å². The molecule has 134 valence electrons. The molecule has 2 aromatic heterocycles. The average molecular weight is 377 g/mol. The third kappa shape index (κ3) is 3.26. The predicted molar refractivity (Wildman–Crippen MR) is 79.4 cm³/mol. The van der Waals surface area contributed by atoms with Crippen LogP contribution >= 0.6 is 11.6 Å². The van der Waals surface area contributed by atoms with Gasteiger partial charge in [-0.25, -0.2) is 14.3 Å². The lowest BCUT2D eigenvalue weighted by Crippen LogP contribution is -2.44. The molecule has 25 heavy (non-hydrogen) atoms. The SMILES string of the molecule is O=C(O)[C@H]1[C@H](C(F)(F)F)CCc2nn(Cc3ccc(Cl)cn3)c(=O)n21. The first kappa shape index (κ1) is 17.5. The summed E-state index contributed by atoms with van der Waals surface area (Å²) in [6.45, 7) is -0.0982. The van der Waals surface area contributed by atoms with E-state index >= 15 is 0 Å². The Balaban J connectivity index is 2.01. The van der Waals surface area contributed by atoms with Gasteiger partial charge in [-0.1, -0.05) is 11.6 Å². The molecule has 2 atom stereocenters. The monoisotopic (exact) mass is 376 g/mol. The van der Waals surface area contributed by atoms with Gasteiger partial charge in [0.15, 0.2) is 0 Å². The number of carboxylic acid groups (broad SMARTS) is 1. The second-order valence-corrected chi connectivity index (χ2v) is 6.10. The number of hydrogen-bond donors (Lipinski definition) is 1. The van der Waals surface area contributed by atoms with Crippen LogP contribution in [0.5, 0.6) is 0 Å². The van der Waals surface area contributed by atoms with E-state index < -0.39 is 36.2 Å². The largest absolute Gasteiger partial charge is 0.480 e. The van der Waals surface area contributed by atoms with Crippen LogP contribution < -0.4 is 5.69 Å². The number of hydrogen-bond acceptors (Lipinski definition) is 4. The molecule has 1 aliphatic heterocycles. The van der Waals surface area contributed by atoms with Crippen LogP contribution in [0.1, 0.15) is 24.0 Å². The van der Waals surface area contributed by atoms with E-state index in [4.69, 9.17) is 11.6 Å². The summed E-state index contributed by atoms with van der Waals surface area (Å²) in [6.07, 6.45) is -3.93. The Bertz CT molecular complexity index is 860. The van der Waals surface area contributed by atoms with Gasteiger partial charge in [-0.2, -0.15) is 18.3 Å². The van der Waals surface area contributed by atoms with E-state index in [9.17, 15) is 27.9 Å². The quantitative estimate of drug-likeness (QED) is 0.883. The molecular formula is C14H12ClF3N4O3. The fourth-order valence-corrected chi connectivity index (χ4v) is 3.03. The van der Waals surface area contributed by atoms with Crippen molar-refractivity contribution in [1.82, 2.24) is 19.3 Å². The summed E-state index contributed by atoms with van der Waals surface area (Å²) in [5.74, 6) is -3.83. The molecule has 0 saturated carbocycles. The molecular weight excluding hydrogens is 365 g/mol. The summed E-state index contributed by atoms with van der Waals surface area (Å²) in [5.41, 5.74) is -0.491. The zero-order valence-electron chi connectivity index (χ0n) is 12.6. The van der Waals surface area contributed by atoms with E-state index in [0.29, 0.717) is 15.3 Å². The van der Waals surface area contributed by atoms with Crippen LogP contribution in [0.3, 0.4) is 0 Å². The van der Waals surface area contributed by atoms with Crippen molar-refractivity contribution in [2.24, 2.45) is 5.92 Å². The standard InChI is InChI=1S/C14H12ClF3N4O3/c15-7-1-2-8(19-5-7)6-21-13(25)22-10(20-21)4-3-9(14(16,17)18)11(22)12(23)24/h1-2,5,9,11H,3-4,6H2,(H,23,24)/t9-,11-/m1/s1. The smallest absolute Gasteiger partial charge is 0.394 e. The minimum Gasteiger partial charge on any atom is -0.480 e. The molecule has 0 spiro atoms. The highest BCUT2D eigenvalue weighted by atomic mass is 35.5. The summed E-state index contributed by atoms with van der Waals surface area (Å²) < 4.78 is 41.0. The van der Waals surface area contributed by atoms with Crippen LogP contribution in [0.25, 0.3) is 0 Å². The summed E-state index contributed by atoms with van der Waals surface area (Å²) in [4.78, 5) is 27.9. The van der Waals surface area contributed by atoms with Crippen molar-refractivity contribution < 1.29 is 23.1 Å². The number of rotatable bonds is 3. The molecule has 0 unspecified atom stereocenters. The second kappa shape index (κ2) is 6.17. The van der Waals surface area contributed by atoms with Crippen LogP contribution in [0.2, 0.25) is 5.02 Å². The van der Waals surface area contributed by atoms with Crippen molar-refractivity contribution in [2.45, 2.75) is 31.6 Å². The zero-order valence-corrected chi connectivity index (χ0v) is 13.3. The third-order valence-electron chi connectivity index (χ3n) is 4.05. The first-order valence-electron chi connectivity index (χ1n) is 7.26. The normalized spacial score (nSPS) is 20.3. The van der Waals surface area contributed by atoms with Crippen LogP contribution in [-0.4, -0.2) is 36.6 Å². The number of halogens is 4. The first-order valence-corrected chi connectivity index (χ1v) is 7.64. The maximum atomic E-state index is 13.1. The Morgan fingerprint density at radius 1 is 1.40 bits per heavy atom. The van der Waals surface area contributed by atoms with Crippen LogP contribution in [0.4, 0.5) is 13.2 Å². The fourth-order valence-electron chi connectivity index (χ4n) is 2.92. The highest BCUT2D eigenvalue weighted by Gasteiger charge is 2.51. The number of aryl methyl sites for hydroxylation is 1. The number of carbonyl (C=O) groups is 1. The van der Waals surface area contributed by atoms with Crippen LogP contribution in [0, 0.1) is 5.92 Å². The van der Waals surface area contributed by atoms with Gasteiger partial charge in [-0.15, -0.1) is 0 Å². The minimum atomic E-state index is -4.72. The highest BCUT2D eigenvalue weighted by Crippen LogP contribution is 2.40. The highest BCUT2D eigenvalue weighted by molar-refractivity contribution is 6.30. The number of nitrogens with zero attached hydrogens (tertiary/aromatic N) is 4.